The van der Waals surface area contributed by atoms with Gasteiger partial charge in [-0.15, -0.1) is 0 Å². The molecule has 1 N–H and O–H groups in total. The highest BCUT2D eigenvalue weighted by Gasteiger charge is 2.28. The number of aliphatic hydroxyl groups is 1. The molecule has 1 nitrogen and oxygen atoms in total. The first kappa shape index (κ1) is 16.5. The molecule has 0 heterocycles. The molecule has 0 saturated heterocycles. The van der Waals surface area contributed by atoms with Crippen molar-refractivity contribution in [3.63, 3.8) is 0 Å². The minimum atomic E-state index is -0.0971. The number of hydrogen-bond acceptors (Lipinski definition) is 1. The first-order chi connectivity index (χ1) is 9.59. The third kappa shape index (κ3) is 3.88. The Labute approximate surface area is 130 Å². The molecule has 0 aromatic heterocycles. The monoisotopic (exact) mass is 288 g/mol. The molecule has 0 spiro atoms. The van der Waals surface area contributed by atoms with Gasteiger partial charge >= 0.3 is 0 Å². The van der Waals surface area contributed by atoms with Crippen LogP contribution in [-0.2, 0) is 17.3 Å². The van der Waals surface area contributed by atoms with Crippen LogP contribution in [0.2, 0.25) is 0 Å². The highest BCUT2D eigenvalue weighted by Crippen LogP contribution is 2.35. The van der Waals surface area contributed by atoms with Crippen LogP contribution in [0.3, 0.4) is 0 Å². The van der Waals surface area contributed by atoms with Gasteiger partial charge in [-0.1, -0.05) is 66.2 Å². The highest BCUT2D eigenvalue weighted by molar-refractivity contribution is 5.39. The molecule has 1 saturated carbocycles. The van der Waals surface area contributed by atoms with Crippen molar-refractivity contribution in [3.8, 4) is 0 Å². The lowest BCUT2D eigenvalue weighted by atomic mass is 9.77. The van der Waals surface area contributed by atoms with Gasteiger partial charge in [-0.2, -0.15) is 0 Å². The molecule has 0 bridgehead atoms. The van der Waals surface area contributed by atoms with E-state index in [1.54, 1.807) is 0 Å². The molecule has 1 heteroatoms. The van der Waals surface area contributed by atoms with E-state index in [9.17, 15) is 5.11 Å². The Morgan fingerprint density at radius 3 is 2.14 bits per heavy atom. The van der Waals surface area contributed by atoms with Gasteiger partial charge < -0.3 is 5.11 Å². The minimum absolute atomic E-state index is 0.0971. The van der Waals surface area contributed by atoms with Gasteiger partial charge in [-0.25, -0.2) is 0 Å². The molecule has 1 aliphatic carbocycles. The van der Waals surface area contributed by atoms with Crippen LogP contribution in [0.15, 0.2) is 18.2 Å². The molecular weight excluding hydrogens is 256 g/mol. The smallest absolute Gasteiger partial charge is 0.0571 e. The van der Waals surface area contributed by atoms with E-state index in [-0.39, 0.29) is 16.9 Å². The number of rotatable bonds is 2. The van der Waals surface area contributed by atoms with Crippen LogP contribution in [0, 0.1) is 5.92 Å². The third-order valence-electron chi connectivity index (χ3n) is 4.88. The van der Waals surface area contributed by atoms with Gasteiger partial charge in [-0.05, 0) is 52.7 Å². The first-order valence-corrected chi connectivity index (χ1v) is 8.41. The van der Waals surface area contributed by atoms with E-state index in [0.717, 1.165) is 12.8 Å². The molecule has 1 fully saturated rings. The van der Waals surface area contributed by atoms with Crippen LogP contribution in [0.5, 0.6) is 0 Å². The van der Waals surface area contributed by atoms with Crippen molar-refractivity contribution in [2.45, 2.75) is 84.2 Å². The van der Waals surface area contributed by atoms with Gasteiger partial charge in [0.25, 0.3) is 0 Å². The predicted octanol–water partition coefficient (Wildman–Crippen LogP) is 4.99. The lowest BCUT2D eigenvalue weighted by molar-refractivity contribution is 0.132. The number of hydrogen-bond donors (Lipinski definition) is 1. The average molecular weight is 288 g/mol. The Hall–Kier alpha value is -0.820. The van der Waals surface area contributed by atoms with Gasteiger partial charge in [0.15, 0.2) is 0 Å². The summed E-state index contributed by atoms with van der Waals surface area (Å²) in [6, 6.07) is 6.99. The maximum absolute atomic E-state index is 10.1. The molecule has 2 atom stereocenters. The van der Waals surface area contributed by atoms with Crippen molar-refractivity contribution >= 4 is 0 Å². The lowest BCUT2D eigenvalue weighted by Gasteiger charge is -2.29. The average Bonchev–Trinajstić information content (AvgIpc) is 2.73. The fourth-order valence-electron chi connectivity index (χ4n) is 3.46. The van der Waals surface area contributed by atoms with Crippen LogP contribution in [0.25, 0.3) is 0 Å². The van der Waals surface area contributed by atoms with Crippen molar-refractivity contribution < 1.29 is 5.11 Å². The zero-order valence-corrected chi connectivity index (χ0v) is 14.7. The van der Waals surface area contributed by atoms with E-state index in [1.807, 2.05) is 0 Å². The Morgan fingerprint density at radius 1 is 1.00 bits per heavy atom. The van der Waals surface area contributed by atoms with Crippen LogP contribution in [0.4, 0.5) is 0 Å². The Balaban J connectivity index is 2.36. The largest absolute Gasteiger partial charge is 0.393 e. The molecule has 1 aliphatic rings. The second-order valence-electron chi connectivity index (χ2n) is 8.83. The second-order valence-corrected chi connectivity index (χ2v) is 8.83. The summed E-state index contributed by atoms with van der Waals surface area (Å²) in [5, 5.41) is 10.1. The van der Waals surface area contributed by atoms with Crippen molar-refractivity contribution in [1.29, 1.82) is 0 Å². The highest BCUT2D eigenvalue weighted by atomic mass is 16.3. The van der Waals surface area contributed by atoms with Gasteiger partial charge in [-0.3, -0.25) is 0 Å². The lowest BCUT2D eigenvalue weighted by Crippen LogP contribution is -2.21. The fraction of sp³-hybridized carbons (Fsp3) is 0.700. The van der Waals surface area contributed by atoms with Gasteiger partial charge in [0.1, 0.15) is 0 Å². The van der Waals surface area contributed by atoms with Crippen molar-refractivity contribution in [2.75, 3.05) is 0 Å². The molecule has 0 amide bonds. The summed E-state index contributed by atoms with van der Waals surface area (Å²) in [5.41, 5.74) is 4.63. The molecule has 1 aromatic rings. The van der Waals surface area contributed by atoms with Crippen molar-refractivity contribution in [1.82, 2.24) is 0 Å². The Kier molecular flexibility index (Phi) is 4.54. The van der Waals surface area contributed by atoms with Gasteiger partial charge in [0.2, 0.25) is 0 Å². The Morgan fingerprint density at radius 2 is 1.67 bits per heavy atom. The van der Waals surface area contributed by atoms with E-state index in [2.05, 4.69) is 59.7 Å². The maximum Gasteiger partial charge on any atom is 0.0571 e. The number of benzene rings is 1. The summed E-state index contributed by atoms with van der Waals surface area (Å²) in [7, 11) is 0. The van der Waals surface area contributed by atoms with E-state index < -0.39 is 0 Å². The van der Waals surface area contributed by atoms with E-state index in [4.69, 9.17) is 0 Å². The summed E-state index contributed by atoms with van der Waals surface area (Å²) < 4.78 is 0. The molecule has 21 heavy (non-hydrogen) atoms. The number of aliphatic hydroxyl groups excluding tert-OH is 1. The van der Waals surface area contributed by atoms with Crippen molar-refractivity contribution in [3.05, 3.63) is 34.9 Å². The fourth-order valence-corrected chi connectivity index (χ4v) is 3.46. The third-order valence-corrected chi connectivity index (χ3v) is 4.88. The molecule has 1 aromatic carbocycles. The van der Waals surface area contributed by atoms with Crippen LogP contribution >= 0.6 is 0 Å². The zero-order chi connectivity index (χ0) is 15.8. The Bertz CT molecular complexity index is 488. The van der Waals surface area contributed by atoms with Crippen LogP contribution in [-0.4, -0.2) is 11.2 Å². The van der Waals surface area contributed by atoms with Crippen LogP contribution < -0.4 is 0 Å². The van der Waals surface area contributed by atoms with Gasteiger partial charge in [0.05, 0.1) is 6.10 Å². The predicted molar refractivity (Wildman–Crippen MR) is 90.9 cm³/mol. The van der Waals surface area contributed by atoms with Gasteiger partial charge in [0, 0.05) is 0 Å². The second kappa shape index (κ2) is 5.76. The summed E-state index contributed by atoms with van der Waals surface area (Å²) in [4.78, 5) is 0. The SMILES string of the molecule is CC(C)(C)c1ccc(C[C@@H]2CCC[C@H]2O)c(C(C)(C)C)c1. The van der Waals surface area contributed by atoms with Crippen LogP contribution in [0.1, 0.15) is 77.5 Å². The topological polar surface area (TPSA) is 20.2 Å². The standard InChI is InChI=1S/C20H32O/c1-19(2,3)16-11-10-14(17(13-16)20(4,5)6)12-15-8-7-9-18(15)21/h10-11,13,15,18,21H,7-9,12H2,1-6H3/t15-,18+/m0/s1. The molecule has 2 rings (SSSR count). The van der Waals surface area contributed by atoms with E-state index in [1.165, 1.54) is 29.5 Å². The van der Waals surface area contributed by atoms with E-state index >= 15 is 0 Å². The van der Waals surface area contributed by atoms with Crippen molar-refractivity contribution in [2.24, 2.45) is 5.92 Å². The normalized spacial score (nSPS) is 23.6. The van der Waals surface area contributed by atoms with E-state index in [0.29, 0.717) is 5.92 Å². The molecule has 0 radical (unpaired) electrons. The quantitative estimate of drug-likeness (QED) is 0.813. The maximum atomic E-state index is 10.1. The molecule has 0 unspecified atom stereocenters. The molecule has 118 valence electrons. The first-order valence-electron chi connectivity index (χ1n) is 8.41. The molecular formula is C20H32O. The summed E-state index contributed by atoms with van der Waals surface area (Å²) in [6.45, 7) is 13.7. The summed E-state index contributed by atoms with van der Waals surface area (Å²) in [5.74, 6) is 0.451. The molecule has 0 aliphatic heterocycles. The minimum Gasteiger partial charge on any atom is -0.393 e. The zero-order valence-electron chi connectivity index (χ0n) is 14.7. The summed E-state index contributed by atoms with van der Waals surface area (Å²) in [6.07, 6.45) is 4.26. The summed E-state index contributed by atoms with van der Waals surface area (Å²) >= 11 is 0.